The van der Waals surface area contributed by atoms with E-state index in [0.717, 1.165) is 11.1 Å². The van der Waals surface area contributed by atoms with Crippen LogP contribution in [0.5, 0.6) is 11.5 Å². The average molecular weight is 421 g/mol. The molecule has 2 rings (SSSR count). The minimum atomic E-state index is -0.496. The van der Waals surface area contributed by atoms with Crippen molar-refractivity contribution in [1.82, 2.24) is 4.90 Å². The van der Waals surface area contributed by atoms with Crippen LogP contribution >= 0.6 is 0 Å². The van der Waals surface area contributed by atoms with Crippen LogP contribution in [0.15, 0.2) is 42.0 Å². The Morgan fingerprint density at radius 2 is 1.84 bits per heavy atom. The second-order valence-electron chi connectivity index (χ2n) is 7.16. The quantitative estimate of drug-likeness (QED) is 0.518. The van der Waals surface area contributed by atoms with Crippen LogP contribution in [0.2, 0.25) is 0 Å². The number of rotatable bonds is 8. The molecule has 2 aromatic rings. The lowest BCUT2D eigenvalue weighted by Gasteiger charge is -2.14. The topological polar surface area (TPSA) is 91.7 Å². The Bertz CT molecular complexity index is 1040. The first-order chi connectivity index (χ1) is 14.7. The predicted molar refractivity (Wildman–Crippen MR) is 120 cm³/mol. The molecule has 0 saturated carbocycles. The first-order valence-corrected chi connectivity index (χ1v) is 9.85. The van der Waals surface area contributed by atoms with Gasteiger partial charge in [-0.25, -0.2) is 0 Å². The number of likely N-dealkylation sites (N-methyl/N-ethyl adjacent to an activating group) is 1. The maximum atomic E-state index is 12.6. The van der Waals surface area contributed by atoms with Crippen molar-refractivity contribution in [2.75, 3.05) is 32.6 Å². The van der Waals surface area contributed by atoms with E-state index in [0.29, 0.717) is 29.4 Å². The second-order valence-corrected chi connectivity index (χ2v) is 7.16. The van der Waals surface area contributed by atoms with E-state index in [1.54, 1.807) is 32.3 Å². The molecule has 0 aliphatic heterocycles. The van der Waals surface area contributed by atoms with Gasteiger partial charge in [0, 0.05) is 19.8 Å². The molecule has 0 fully saturated rings. The smallest absolute Gasteiger partial charge is 0.266 e. The molecule has 2 aromatic carbocycles. The Balaban J connectivity index is 2.24. The number of benzene rings is 2. The number of anilines is 1. The summed E-state index contributed by atoms with van der Waals surface area (Å²) in [6, 6.07) is 12.6. The zero-order valence-electron chi connectivity index (χ0n) is 18.5. The summed E-state index contributed by atoms with van der Waals surface area (Å²) in [5.74, 6) is 0.160. The van der Waals surface area contributed by atoms with Crippen molar-refractivity contribution in [3.05, 3.63) is 58.7 Å². The third kappa shape index (κ3) is 6.61. The van der Waals surface area contributed by atoms with Gasteiger partial charge < -0.3 is 19.7 Å². The molecule has 0 heterocycles. The monoisotopic (exact) mass is 421 g/mol. The molecule has 1 N–H and O–H groups in total. The highest BCUT2D eigenvalue weighted by atomic mass is 16.5. The molecular weight excluding hydrogens is 394 g/mol. The number of carbonyl (C=O) groups is 2. The first kappa shape index (κ1) is 23.5. The zero-order valence-corrected chi connectivity index (χ0v) is 18.5. The molecule has 0 aliphatic carbocycles. The number of nitriles is 1. The van der Waals surface area contributed by atoms with Gasteiger partial charge in [-0.15, -0.1) is 0 Å². The molecule has 162 valence electrons. The van der Waals surface area contributed by atoms with Crippen molar-refractivity contribution in [1.29, 1.82) is 5.26 Å². The summed E-state index contributed by atoms with van der Waals surface area (Å²) in [7, 11) is 3.30. The van der Waals surface area contributed by atoms with Crippen molar-refractivity contribution in [3.63, 3.8) is 0 Å². The molecule has 0 radical (unpaired) electrons. The Hall–Kier alpha value is -3.79. The van der Waals surface area contributed by atoms with Gasteiger partial charge in [0.25, 0.3) is 11.8 Å². The van der Waals surface area contributed by atoms with Gasteiger partial charge >= 0.3 is 0 Å². The Morgan fingerprint density at radius 1 is 1.10 bits per heavy atom. The summed E-state index contributed by atoms with van der Waals surface area (Å²) in [5, 5.41) is 12.3. The van der Waals surface area contributed by atoms with Crippen LogP contribution in [0.4, 0.5) is 5.69 Å². The zero-order chi connectivity index (χ0) is 23.0. The average Bonchev–Trinajstić information content (AvgIpc) is 2.73. The van der Waals surface area contributed by atoms with Gasteiger partial charge in [0.2, 0.25) is 0 Å². The molecule has 7 heteroatoms. The highest BCUT2D eigenvalue weighted by Crippen LogP contribution is 2.29. The van der Waals surface area contributed by atoms with Crippen molar-refractivity contribution < 1.29 is 19.1 Å². The van der Waals surface area contributed by atoms with E-state index in [4.69, 9.17) is 9.47 Å². The van der Waals surface area contributed by atoms with Gasteiger partial charge in [0.05, 0.1) is 6.61 Å². The fraction of sp³-hybridized carbons (Fsp3) is 0.292. The Labute approximate surface area is 182 Å². The predicted octanol–water partition coefficient (Wildman–Crippen LogP) is 3.71. The van der Waals surface area contributed by atoms with Crippen molar-refractivity contribution in [2.45, 2.75) is 20.8 Å². The molecule has 7 nitrogen and oxygen atoms in total. The lowest BCUT2D eigenvalue weighted by Crippen LogP contribution is -2.27. The molecule has 0 aromatic heterocycles. The summed E-state index contributed by atoms with van der Waals surface area (Å²) in [6.45, 7) is 5.97. The van der Waals surface area contributed by atoms with E-state index in [2.05, 4.69) is 5.32 Å². The minimum Gasteiger partial charge on any atom is -0.490 e. The highest BCUT2D eigenvalue weighted by molar-refractivity contribution is 6.10. The fourth-order valence-corrected chi connectivity index (χ4v) is 2.73. The summed E-state index contributed by atoms with van der Waals surface area (Å²) in [4.78, 5) is 25.8. The number of hydrogen-bond donors (Lipinski definition) is 1. The summed E-state index contributed by atoms with van der Waals surface area (Å²) in [6.07, 6.45) is 1.48. The van der Waals surface area contributed by atoms with Gasteiger partial charge in [0.15, 0.2) is 18.1 Å². The third-order valence-electron chi connectivity index (χ3n) is 4.42. The van der Waals surface area contributed by atoms with Crippen LogP contribution < -0.4 is 14.8 Å². The minimum absolute atomic E-state index is 0.0427. The Morgan fingerprint density at radius 3 is 2.45 bits per heavy atom. The van der Waals surface area contributed by atoms with Crippen LogP contribution in [-0.4, -0.2) is 44.0 Å². The molecule has 0 atom stereocenters. The lowest BCUT2D eigenvalue weighted by atomic mass is 10.1. The van der Waals surface area contributed by atoms with E-state index >= 15 is 0 Å². The van der Waals surface area contributed by atoms with E-state index in [-0.39, 0.29) is 18.1 Å². The van der Waals surface area contributed by atoms with Crippen LogP contribution in [0.25, 0.3) is 6.08 Å². The van der Waals surface area contributed by atoms with Crippen molar-refractivity contribution in [3.8, 4) is 17.6 Å². The largest absolute Gasteiger partial charge is 0.490 e. The van der Waals surface area contributed by atoms with Crippen molar-refractivity contribution in [2.24, 2.45) is 0 Å². The number of aryl methyl sites for hydroxylation is 2. The van der Waals surface area contributed by atoms with E-state index < -0.39 is 5.91 Å². The number of amides is 2. The maximum absolute atomic E-state index is 12.6. The molecule has 0 spiro atoms. The standard InChI is InChI=1S/C24H27N3O4/c1-6-30-22-13-18(8-10-21(22)31-15-23(28)27(4)5)12-19(14-25)24(29)26-20-9-7-16(2)11-17(20)3/h7-13H,6,15H2,1-5H3,(H,26,29)/b19-12+. The fourth-order valence-electron chi connectivity index (χ4n) is 2.73. The SMILES string of the molecule is CCOc1cc(/C=C(\C#N)C(=O)Nc2ccc(C)cc2C)ccc1OCC(=O)N(C)C. The van der Waals surface area contributed by atoms with Gasteiger partial charge in [-0.05, 0) is 56.2 Å². The van der Waals surface area contributed by atoms with E-state index in [1.807, 2.05) is 45.0 Å². The number of nitrogens with zero attached hydrogens (tertiary/aromatic N) is 2. The first-order valence-electron chi connectivity index (χ1n) is 9.85. The highest BCUT2D eigenvalue weighted by Gasteiger charge is 2.13. The number of ether oxygens (including phenoxy) is 2. The molecular formula is C24H27N3O4. The van der Waals surface area contributed by atoms with Gasteiger partial charge in [-0.3, -0.25) is 9.59 Å². The normalized spacial score (nSPS) is 10.8. The lowest BCUT2D eigenvalue weighted by molar-refractivity contribution is -0.130. The third-order valence-corrected chi connectivity index (χ3v) is 4.42. The van der Waals surface area contributed by atoms with Crippen LogP contribution in [0.1, 0.15) is 23.6 Å². The van der Waals surface area contributed by atoms with Crippen LogP contribution in [0.3, 0.4) is 0 Å². The van der Waals surface area contributed by atoms with Crippen molar-refractivity contribution >= 4 is 23.6 Å². The molecule has 2 amide bonds. The van der Waals surface area contributed by atoms with E-state index in [1.165, 1.54) is 11.0 Å². The second kappa shape index (κ2) is 10.8. The number of nitrogens with one attached hydrogen (secondary N) is 1. The molecule has 0 aliphatic rings. The van der Waals surface area contributed by atoms with Gasteiger partial charge in [-0.1, -0.05) is 23.8 Å². The summed E-state index contributed by atoms with van der Waals surface area (Å²) >= 11 is 0. The number of hydrogen-bond acceptors (Lipinski definition) is 5. The summed E-state index contributed by atoms with van der Waals surface area (Å²) in [5.41, 5.74) is 3.21. The van der Waals surface area contributed by atoms with Crippen LogP contribution in [-0.2, 0) is 9.59 Å². The van der Waals surface area contributed by atoms with Gasteiger partial charge in [-0.2, -0.15) is 5.26 Å². The molecule has 0 saturated heterocycles. The van der Waals surface area contributed by atoms with Crippen LogP contribution in [0, 0.1) is 25.2 Å². The molecule has 31 heavy (non-hydrogen) atoms. The van der Waals surface area contributed by atoms with E-state index in [9.17, 15) is 14.9 Å². The molecule has 0 bridgehead atoms. The number of carbonyl (C=O) groups excluding carboxylic acids is 2. The maximum Gasteiger partial charge on any atom is 0.266 e. The summed E-state index contributed by atoms with van der Waals surface area (Å²) < 4.78 is 11.2. The molecule has 0 unspecified atom stereocenters. The van der Waals surface area contributed by atoms with Gasteiger partial charge in [0.1, 0.15) is 11.6 Å². The Kier molecular flexibility index (Phi) is 8.21.